The van der Waals surface area contributed by atoms with E-state index in [-0.39, 0.29) is 17.8 Å². The minimum absolute atomic E-state index is 0.0678. The van der Waals surface area contributed by atoms with E-state index in [1.165, 1.54) is 23.9 Å². The standard InChI is InChI=1S/C20H18FN3OS/c21-15-8-6-14(7-9-15)18(19(25)23-16-10-11-16)26-20-22-12-17(24-20)13-4-2-1-3-5-13/h1-9,12,16,18H,10-11H2,(H,22,24)(H,23,25). The Labute approximate surface area is 155 Å². The largest absolute Gasteiger partial charge is 0.352 e. The molecule has 1 aliphatic rings. The van der Waals surface area contributed by atoms with Gasteiger partial charge in [0.2, 0.25) is 5.91 Å². The zero-order valence-corrected chi connectivity index (χ0v) is 14.8. The lowest BCUT2D eigenvalue weighted by Crippen LogP contribution is -2.29. The molecule has 2 aromatic carbocycles. The van der Waals surface area contributed by atoms with Crippen molar-refractivity contribution in [2.24, 2.45) is 0 Å². The minimum Gasteiger partial charge on any atom is -0.352 e. The summed E-state index contributed by atoms with van der Waals surface area (Å²) in [5.74, 6) is -0.383. The van der Waals surface area contributed by atoms with Crippen molar-refractivity contribution in [2.75, 3.05) is 0 Å². The molecule has 1 amide bonds. The SMILES string of the molecule is O=C(NC1CC1)C(Sc1ncc(-c2ccccc2)[nH]1)c1ccc(F)cc1. The van der Waals surface area contributed by atoms with E-state index in [2.05, 4.69) is 15.3 Å². The number of carbonyl (C=O) groups excluding carboxylic acids is 1. The fourth-order valence-electron chi connectivity index (χ4n) is 2.65. The van der Waals surface area contributed by atoms with Gasteiger partial charge in [-0.2, -0.15) is 0 Å². The van der Waals surface area contributed by atoms with Gasteiger partial charge in [-0.15, -0.1) is 0 Å². The normalized spacial score (nSPS) is 14.8. The molecule has 4 nitrogen and oxygen atoms in total. The van der Waals surface area contributed by atoms with Crippen molar-refractivity contribution < 1.29 is 9.18 Å². The first-order valence-electron chi connectivity index (χ1n) is 8.52. The molecule has 132 valence electrons. The molecule has 0 bridgehead atoms. The Balaban J connectivity index is 1.57. The van der Waals surface area contributed by atoms with Gasteiger partial charge in [-0.05, 0) is 36.1 Å². The minimum atomic E-state index is -0.481. The number of H-pyrrole nitrogens is 1. The lowest BCUT2D eigenvalue weighted by Gasteiger charge is -2.15. The van der Waals surface area contributed by atoms with Crippen molar-refractivity contribution in [3.8, 4) is 11.3 Å². The Morgan fingerprint density at radius 2 is 1.88 bits per heavy atom. The van der Waals surface area contributed by atoms with E-state index in [9.17, 15) is 9.18 Å². The van der Waals surface area contributed by atoms with Crippen LogP contribution in [0.15, 0.2) is 66.0 Å². The molecule has 26 heavy (non-hydrogen) atoms. The van der Waals surface area contributed by atoms with Crippen molar-refractivity contribution >= 4 is 17.7 Å². The summed E-state index contributed by atoms with van der Waals surface area (Å²) in [5, 5.41) is 3.21. The Bertz CT molecular complexity index is 891. The number of halogens is 1. The monoisotopic (exact) mass is 367 g/mol. The molecular formula is C20H18FN3OS. The third kappa shape index (κ3) is 3.96. The first-order valence-corrected chi connectivity index (χ1v) is 9.40. The highest BCUT2D eigenvalue weighted by Crippen LogP contribution is 2.36. The van der Waals surface area contributed by atoms with Crippen LogP contribution in [0.1, 0.15) is 23.7 Å². The maximum atomic E-state index is 13.3. The van der Waals surface area contributed by atoms with Gasteiger partial charge in [0.1, 0.15) is 11.1 Å². The van der Waals surface area contributed by atoms with Crippen LogP contribution < -0.4 is 5.32 Å². The predicted octanol–water partition coefficient (Wildman–Crippen LogP) is 4.33. The zero-order chi connectivity index (χ0) is 17.9. The van der Waals surface area contributed by atoms with Crippen LogP contribution >= 0.6 is 11.8 Å². The van der Waals surface area contributed by atoms with Crippen molar-refractivity contribution in [3.05, 3.63) is 72.2 Å². The van der Waals surface area contributed by atoms with Crippen molar-refractivity contribution in [2.45, 2.75) is 29.3 Å². The van der Waals surface area contributed by atoms with Gasteiger partial charge >= 0.3 is 0 Å². The smallest absolute Gasteiger partial charge is 0.238 e. The van der Waals surface area contributed by atoms with E-state index in [4.69, 9.17) is 0 Å². The van der Waals surface area contributed by atoms with Gasteiger partial charge in [-0.3, -0.25) is 4.79 Å². The fourth-order valence-corrected chi connectivity index (χ4v) is 3.63. The molecule has 1 fully saturated rings. The number of rotatable bonds is 6. The number of nitrogens with zero attached hydrogens (tertiary/aromatic N) is 1. The number of benzene rings is 2. The summed E-state index contributed by atoms with van der Waals surface area (Å²) in [7, 11) is 0. The number of imidazole rings is 1. The second kappa shape index (κ2) is 7.33. The summed E-state index contributed by atoms with van der Waals surface area (Å²) in [4.78, 5) is 20.4. The quantitative estimate of drug-likeness (QED) is 0.638. The van der Waals surface area contributed by atoms with Crippen molar-refractivity contribution in [1.82, 2.24) is 15.3 Å². The van der Waals surface area contributed by atoms with Crippen LogP contribution in [0, 0.1) is 5.82 Å². The highest BCUT2D eigenvalue weighted by Gasteiger charge is 2.29. The van der Waals surface area contributed by atoms with Gasteiger partial charge in [0.15, 0.2) is 5.16 Å². The van der Waals surface area contributed by atoms with E-state index in [0.29, 0.717) is 5.16 Å². The molecular weight excluding hydrogens is 349 g/mol. The molecule has 0 aliphatic heterocycles. The molecule has 1 atom stereocenters. The number of carbonyl (C=O) groups is 1. The highest BCUT2D eigenvalue weighted by atomic mass is 32.2. The van der Waals surface area contributed by atoms with Crippen LogP contribution in [-0.4, -0.2) is 21.9 Å². The predicted molar refractivity (Wildman–Crippen MR) is 100 cm³/mol. The lowest BCUT2D eigenvalue weighted by atomic mass is 10.1. The second-order valence-electron chi connectivity index (χ2n) is 6.30. The molecule has 0 saturated heterocycles. The van der Waals surface area contributed by atoms with Crippen molar-refractivity contribution in [1.29, 1.82) is 0 Å². The number of nitrogens with one attached hydrogen (secondary N) is 2. The topological polar surface area (TPSA) is 57.8 Å². The van der Waals surface area contributed by atoms with Crippen LogP contribution in [0.3, 0.4) is 0 Å². The highest BCUT2D eigenvalue weighted by molar-refractivity contribution is 8.00. The zero-order valence-electron chi connectivity index (χ0n) is 14.0. The molecule has 4 rings (SSSR count). The molecule has 3 aromatic rings. The van der Waals surface area contributed by atoms with Gasteiger partial charge in [-0.25, -0.2) is 9.37 Å². The molecule has 1 aromatic heterocycles. The number of aromatic nitrogens is 2. The fraction of sp³-hybridized carbons (Fsp3) is 0.200. The molecule has 0 radical (unpaired) electrons. The van der Waals surface area contributed by atoms with Crippen LogP contribution in [0.25, 0.3) is 11.3 Å². The van der Waals surface area contributed by atoms with Gasteiger partial charge in [0.05, 0.1) is 11.9 Å². The van der Waals surface area contributed by atoms with Gasteiger partial charge in [0, 0.05) is 6.04 Å². The third-order valence-electron chi connectivity index (χ3n) is 4.20. The molecule has 0 spiro atoms. The molecule has 1 aliphatic carbocycles. The summed E-state index contributed by atoms with van der Waals surface area (Å²) >= 11 is 1.34. The first kappa shape index (κ1) is 16.8. The van der Waals surface area contributed by atoms with Gasteiger partial charge < -0.3 is 10.3 Å². The number of hydrogen-bond donors (Lipinski definition) is 2. The summed E-state index contributed by atoms with van der Waals surface area (Å²) in [5.41, 5.74) is 2.69. The Hall–Kier alpha value is -2.60. The Kier molecular flexibility index (Phi) is 4.75. The number of thioether (sulfide) groups is 1. The number of aromatic amines is 1. The average Bonchev–Trinajstić information content (AvgIpc) is 3.35. The maximum Gasteiger partial charge on any atom is 0.238 e. The van der Waals surface area contributed by atoms with E-state index in [1.54, 1.807) is 18.3 Å². The third-order valence-corrected chi connectivity index (χ3v) is 5.35. The summed E-state index contributed by atoms with van der Waals surface area (Å²) < 4.78 is 13.3. The molecule has 1 unspecified atom stereocenters. The van der Waals surface area contributed by atoms with Crippen LogP contribution in [-0.2, 0) is 4.79 Å². The van der Waals surface area contributed by atoms with E-state index in [0.717, 1.165) is 29.7 Å². The van der Waals surface area contributed by atoms with Gasteiger partial charge in [0.25, 0.3) is 0 Å². The molecule has 2 N–H and O–H groups in total. The first-order chi connectivity index (χ1) is 12.7. The second-order valence-corrected chi connectivity index (χ2v) is 7.39. The average molecular weight is 367 g/mol. The number of amides is 1. The van der Waals surface area contributed by atoms with Crippen LogP contribution in [0.5, 0.6) is 0 Å². The molecule has 6 heteroatoms. The number of hydrogen-bond acceptors (Lipinski definition) is 3. The lowest BCUT2D eigenvalue weighted by molar-refractivity contribution is -0.120. The Morgan fingerprint density at radius 1 is 1.15 bits per heavy atom. The van der Waals surface area contributed by atoms with Crippen molar-refractivity contribution in [3.63, 3.8) is 0 Å². The molecule has 1 saturated carbocycles. The van der Waals surface area contributed by atoms with E-state index in [1.807, 2.05) is 30.3 Å². The summed E-state index contributed by atoms with van der Waals surface area (Å²) in [6, 6.07) is 16.2. The maximum absolute atomic E-state index is 13.3. The van der Waals surface area contributed by atoms with Crippen LogP contribution in [0.2, 0.25) is 0 Å². The molecule has 1 heterocycles. The summed E-state index contributed by atoms with van der Waals surface area (Å²) in [6.45, 7) is 0. The van der Waals surface area contributed by atoms with Gasteiger partial charge in [-0.1, -0.05) is 54.2 Å². The summed E-state index contributed by atoms with van der Waals surface area (Å²) in [6.07, 6.45) is 3.80. The van der Waals surface area contributed by atoms with Crippen LogP contribution in [0.4, 0.5) is 4.39 Å². The van der Waals surface area contributed by atoms with E-state index >= 15 is 0 Å². The van der Waals surface area contributed by atoms with E-state index < -0.39 is 5.25 Å². The Morgan fingerprint density at radius 3 is 2.58 bits per heavy atom.